The molecule has 0 unspecified atom stereocenters. The minimum Gasteiger partial charge on any atom is -0.360 e. The molecule has 1 fully saturated rings. The van der Waals surface area contributed by atoms with Gasteiger partial charge in [0.25, 0.3) is 0 Å². The Morgan fingerprint density at radius 2 is 1.82 bits per heavy atom. The van der Waals surface area contributed by atoms with Crippen LogP contribution in [0.5, 0.6) is 0 Å². The molecular formula is C16H18N4S2. The van der Waals surface area contributed by atoms with E-state index in [-0.39, 0.29) is 0 Å². The molecule has 0 radical (unpaired) electrons. The van der Waals surface area contributed by atoms with Gasteiger partial charge in [-0.15, -0.1) is 22.7 Å². The summed E-state index contributed by atoms with van der Waals surface area (Å²) < 4.78 is 0. The van der Waals surface area contributed by atoms with Crippen molar-refractivity contribution in [3.63, 3.8) is 0 Å². The number of hydrogen-bond donors (Lipinski definition) is 0. The molecule has 3 aromatic rings. The number of rotatable bonds is 3. The average Bonchev–Trinajstić information content (AvgIpc) is 3.25. The summed E-state index contributed by atoms with van der Waals surface area (Å²) in [7, 11) is 0. The van der Waals surface area contributed by atoms with Crippen LogP contribution in [0.4, 0.5) is 10.8 Å². The third-order valence-electron chi connectivity index (χ3n) is 4.06. The second-order valence-corrected chi connectivity index (χ2v) is 7.20. The van der Waals surface area contributed by atoms with Gasteiger partial charge >= 0.3 is 0 Å². The highest BCUT2D eigenvalue weighted by Gasteiger charge is 2.21. The summed E-state index contributed by atoms with van der Waals surface area (Å²) in [5, 5.41) is 6.84. The fourth-order valence-electron chi connectivity index (χ4n) is 2.87. The largest absolute Gasteiger partial charge is 0.360 e. The molecule has 1 aliphatic heterocycles. The van der Waals surface area contributed by atoms with Crippen molar-refractivity contribution in [2.45, 2.75) is 13.3 Å². The fourth-order valence-corrected chi connectivity index (χ4v) is 4.43. The van der Waals surface area contributed by atoms with Gasteiger partial charge in [-0.1, -0.05) is 6.92 Å². The second-order valence-electron chi connectivity index (χ2n) is 5.38. The summed E-state index contributed by atoms with van der Waals surface area (Å²) >= 11 is 3.53. The van der Waals surface area contributed by atoms with Gasteiger partial charge in [-0.3, -0.25) is 0 Å². The van der Waals surface area contributed by atoms with Crippen molar-refractivity contribution in [3.05, 3.63) is 34.8 Å². The number of thiophene rings is 2. The van der Waals surface area contributed by atoms with Crippen molar-refractivity contribution >= 4 is 43.7 Å². The number of aromatic nitrogens is 2. The lowest BCUT2D eigenvalue weighted by molar-refractivity contribution is 0.651. The Kier molecular flexibility index (Phi) is 3.72. The van der Waals surface area contributed by atoms with Gasteiger partial charge < -0.3 is 9.80 Å². The average molecular weight is 330 g/mol. The van der Waals surface area contributed by atoms with Crippen LogP contribution >= 0.6 is 22.7 Å². The zero-order valence-corrected chi connectivity index (χ0v) is 14.2. The molecular weight excluding hydrogens is 312 g/mol. The smallest absolute Gasteiger partial charge is 0.141 e. The van der Waals surface area contributed by atoms with E-state index in [1.807, 2.05) is 11.3 Å². The van der Waals surface area contributed by atoms with Crippen LogP contribution in [-0.2, 0) is 6.42 Å². The van der Waals surface area contributed by atoms with Crippen molar-refractivity contribution in [2.75, 3.05) is 36.0 Å². The molecule has 3 aromatic heterocycles. The third-order valence-corrected chi connectivity index (χ3v) is 5.80. The number of aryl methyl sites for hydroxylation is 1. The van der Waals surface area contributed by atoms with Gasteiger partial charge in [0, 0.05) is 32.6 Å². The Hall–Kier alpha value is -1.66. The van der Waals surface area contributed by atoms with Crippen molar-refractivity contribution < 1.29 is 0 Å². The fraction of sp³-hybridized carbons (Fsp3) is 0.375. The lowest BCUT2D eigenvalue weighted by Gasteiger charge is -2.36. The SMILES string of the molecule is CCc1nc(N2CCN(c3cccs3)CC2)c2ccsc2n1. The van der Waals surface area contributed by atoms with E-state index in [1.165, 1.54) is 10.4 Å². The van der Waals surface area contributed by atoms with Crippen LogP contribution < -0.4 is 9.80 Å². The first-order chi connectivity index (χ1) is 10.8. The zero-order valence-electron chi connectivity index (χ0n) is 12.5. The number of nitrogens with zero attached hydrogens (tertiary/aromatic N) is 4. The number of hydrogen-bond acceptors (Lipinski definition) is 6. The molecule has 0 aromatic carbocycles. The van der Waals surface area contributed by atoms with Gasteiger partial charge in [0.2, 0.25) is 0 Å². The Balaban J connectivity index is 1.59. The van der Waals surface area contributed by atoms with Gasteiger partial charge in [-0.05, 0) is 29.0 Å². The van der Waals surface area contributed by atoms with Gasteiger partial charge in [0.15, 0.2) is 0 Å². The maximum absolute atomic E-state index is 4.81. The van der Waals surface area contributed by atoms with Crippen LogP contribution in [0.15, 0.2) is 29.0 Å². The summed E-state index contributed by atoms with van der Waals surface area (Å²) in [6.07, 6.45) is 0.885. The van der Waals surface area contributed by atoms with E-state index in [0.29, 0.717) is 0 Å². The molecule has 4 rings (SSSR count). The molecule has 0 spiro atoms. The molecule has 0 N–H and O–H groups in total. The van der Waals surface area contributed by atoms with E-state index in [0.717, 1.165) is 49.1 Å². The maximum atomic E-state index is 4.81. The zero-order chi connectivity index (χ0) is 14.9. The molecule has 0 bridgehead atoms. The standard InChI is InChI=1S/C16H18N4S2/c1-2-13-17-15(12-5-11-22-16(12)18-13)20-8-6-19(7-9-20)14-4-3-10-21-14/h3-5,10-11H,2,6-9H2,1H3. The van der Waals surface area contributed by atoms with Crippen LogP contribution in [0.3, 0.4) is 0 Å². The molecule has 1 aliphatic rings. The van der Waals surface area contributed by atoms with Crippen molar-refractivity contribution in [3.8, 4) is 0 Å². The van der Waals surface area contributed by atoms with Crippen molar-refractivity contribution in [1.29, 1.82) is 0 Å². The highest BCUT2D eigenvalue weighted by atomic mass is 32.1. The predicted molar refractivity (Wildman–Crippen MR) is 95.5 cm³/mol. The molecule has 0 atom stereocenters. The summed E-state index contributed by atoms with van der Waals surface area (Å²) in [6, 6.07) is 6.48. The highest BCUT2D eigenvalue weighted by molar-refractivity contribution is 7.16. The number of piperazine rings is 1. The summed E-state index contributed by atoms with van der Waals surface area (Å²) in [5.74, 6) is 2.07. The minimum absolute atomic E-state index is 0.885. The van der Waals surface area contributed by atoms with Crippen molar-refractivity contribution in [1.82, 2.24) is 9.97 Å². The Morgan fingerprint density at radius 3 is 2.55 bits per heavy atom. The van der Waals surface area contributed by atoms with Gasteiger partial charge in [0.1, 0.15) is 16.5 Å². The maximum Gasteiger partial charge on any atom is 0.141 e. The summed E-state index contributed by atoms with van der Waals surface area (Å²) in [5.41, 5.74) is 0. The molecule has 4 heterocycles. The number of anilines is 2. The van der Waals surface area contributed by atoms with E-state index in [2.05, 4.69) is 50.7 Å². The van der Waals surface area contributed by atoms with Gasteiger partial charge in [-0.2, -0.15) is 0 Å². The molecule has 0 saturated carbocycles. The van der Waals surface area contributed by atoms with Crippen LogP contribution in [0.1, 0.15) is 12.7 Å². The highest BCUT2D eigenvalue weighted by Crippen LogP contribution is 2.30. The monoisotopic (exact) mass is 330 g/mol. The first kappa shape index (κ1) is 14.0. The van der Waals surface area contributed by atoms with E-state index in [4.69, 9.17) is 4.98 Å². The lowest BCUT2D eigenvalue weighted by atomic mass is 10.2. The first-order valence-electron chi connectivity index (χ1n) is 7.62. The van der Waals surface area contributed by atoms with Gasteiger partial charge in [0.05, 0.1) is 10.4 Å². The first-order valence-corrected chi connectivity index (χ1v) is 9.38. The van der Waals surface area contributed by atoms with E-state index < -0.39 is 0 Å². The van der Waals surface area contributed by atoms with Crippen molar-refractivity contribution in [2.24, 2.45) is 0 Å². The molecule has 114 valence electrons. The van der Waals surface area contributed by atoms with Crippen LogP contribution in [-0.4, -0.2) is 36.1 Å². The topological polar surface area (TPSA) is 32.3 Å². The quantitative estimate of drug-likeness (QED) is 0.734. The molecule has 0 aliphatic carbocycles. The summed E-state index contributed by atoms with van der Waals surface area (Å²) in [6.45, 7) is 6.26. The Bertz CT molecular complexity index is 758. The molecule has 4 nitrogen and oxygen atoms in total. The Labute approximate surface area is 138 Å². The summed E-state index contributed by atoms with van der Waals surface area (Å²) in [4.78, 5) is 15.4. The predicted octanol–water partition coefficient (Wildman–Crippen LogP) is 3.64. The Morgan fingerprint density at radius 1 is 1.00 bits per heavy atom. The van der Waals surface area contributed by atoms with E-state index in [9.17, 15) is 0 Å². The van der Waals surface area contributed by atoms with Crippen LogP contribution in [0, 0.1) is 0 Å². The molecule has 22 heavy (non-hydrogen) atoms. The van der Waals surface area contributed by atoms with Crippen LogP contribution in [0.25, 0.3) is 10.2 Å². The van der Waals surface area contributed by atoms with E-state index in [1.54, 1.807) is 11.3 Å². The molecule has 0 amide bonds. The lowest BCUT2D eigenvalue weighted by Crippen LogP contribution is -2.46. The number of fused-ring (bicyclic) bond motifs is 1. The van der Waals surface area contributed by atoms with E-state index >= 15 is 0 Å². The normalized spacial score (nSPS) is 15.7. The third kappa shape index (κ3) is 2.46. The van der Waals surface area contributed by atoms with Gasteiger partial charge in [-0.25, -0.2) is 9.97 Å². The van der Waals surface area contributed by atoms with Crippen LogP contribution in [0.2, 0.25) is 0 Å². The molecule has 6 heteroatoms. The molecule has 1 saturated heterocycles. The second kappa shape index (κ2) is 5.85. The minimum atomic E-state index is 0.885.